The van der Waals surface area contributed by atoms with Crippen LogP contribution >= 0.6 is 0 Å². The van der Waals surface area contributed by atoms with Gasteiger partial charge in [0.2, 0.25) is 0 Å². The van der Waals surface area contributed by atoms with Crippen molar-refractivity contribution in [3.8, 4) is 0 Å². The molecule has 0 spiro atoms. The van der Waals surface area contributed by atoms with Crippen LogP contribution in [0.5, 0.6) is 0 Å². The number of hydrogen-bond acceptors (Lipinski definition) is 4. The Morgan fingerprint density at radius 1 is 1.25 bits per heavy atom. The monoisotopic (exact) mass is 280 g/mol. The molecule has 1 aromatic carbocycles. The van der Waals surface area contributed by atoms with Crippen LogP contribution in [0.3, 0.4) is 0 Å². The normalized spacial score (nSPS) is 34.1. The molecule has 1 heterocycles. The molecule has 1 fully saturated rings. The molecule has 0 amide bonds. The zero-order valence-corrected chi connectivity index (χ0v) is 12.4. The smallest absolute Gasteiger partial charge is 0.185 e. The lowest BCUT2D eigenvalue weighted by Crippen LogP contribution is -2.54. The Balaban J connectivity index is 2.02. The Kier molecular flexibility index (Phi) is 5.54. The second-order valence-corrected chi connectivity index (χ2v) is 5.30. The van der Waals surface area contributed by atoms with E-state index in [2.05, 4.69) is 13.8 Å². The van der Waals surface area contributed by atoms with E-state index < -0.39 is 12.4 Å². The van der Waals surface area contributed by atoms with Gasteiger partial charge in [-0.15, -0.1) is 0 Å². The lowest BCUT2D eigenvalue weighted by atomic mass is 9.89. The van der Waals surface area contributed by atoms with Gasteiger partial charge in [-0.05, 0) is 12.0 Å². The minimum absolute atomic E-state index is 0.0455. The maximum Gasteiger partial charge on any atom is 0.185 e. The van der Waals surface area contributed by atoms with E-state index in [0.29, 0.717) is 6.61 Å². The lowest BCUT2D eigenvalue weighted by Gasteiger charge is -2.42. The van der Waals surface area contributed by atoms with E-state index >= 15 is 0 Å². The van der Waals surface area contributed by atoms with Crippen molar-refractivity contribution >= 4 is 0 Å². The summed E-state index contributed by atoms with van der Waals surface area (Å²) in [7, 11) is 1.55. The van der Waals surface area contributed by atoms with Crippen molar-refractivity contribution in [3.63, 3.8) is 0 Å². The van der Waals surface area contributed by atoms with Gasteiger partial charge in [-0.2, -0.15) is 0 Å². The fraction of sp³-hybridized carbons (Fsp3) is 0.625. The number of ether oxygens (including phenoxy) is 3. The third kappa shape index (κ3) is 3.38. The van der Waals surface area contributed by atoms with Crippen molar-refractivity contribution in [2.24, 2.45) is 5.92 Å². The summed E-state index contributed by atoms with van der Waals surface area (Å²) in [4.78, 5) is 0. The summed E-state index contributed by atoms with van der Waals surface area (Å²) < 4.78 is 16.9. The molecule has 0 radical (unpaired) electrons. The van der Waals surface area contributed by atoms with Crippen molar-refractivity contribution in [2.75, 3.05) is 7.11 Å². The number of benzene rings is 1. The average molecular weight is 280 g/mol. The third-order valence-corrected chi connectivity index (χ3v) is 3.95. The number of rotatable bonds is 5. The highest BCUT2D eigenvalue weighted by molar-refractivity contribution is 5.13. The van der Waals surface area contributed by atoms with Gasteiger partial charge in [-0.1, -0.05) is 44.2 Å². The molecule has 1 aliphatic rings. The van der Waals surface area contributed by atoms with Crippen LogP contribution in [-0.2, 0) is 20.8 Å². The quantitative estimate of drug-likeness (QED) is 0.899. The maximum absolute atomic E-state index is 10.3. The first-order chi connectivity index (χ1) is 9.67. The summed E-state index contributed by atoms with van der Waals surface area (Å²) >= 11 is 0. The SMILES string of the molecule is CC[C@H]1O[C@@H](OC)[C@H](O)[C@@H](OCc2ccccc2)[C@H]1C. The van der Waals surface area contributed by atoms with Gasteiger partial charge < -0.3 is 19.3 Å². The minimum Gasteiger partial charge on any atom is -0.385 e. The van der Waals surface area contributed by atoms with Crippen molar-refractivity contribution in [2.45, 2.75) is 51.5 Å². The predicted octanol–water partition coefficient (Wildman–Crippen LogP) is 2.35. The van der Waals surface area contributed by atoms with Gasteiger partial charge in [0.05, 0.1) is 18.8 Å². The molecule has 0 aliphatic carbocycles. The van der Waals surface area contributed by atoms with Gasteiger partial charge in [-0.25, -0.2) is 0 Å². The van der Waals surface area contributed by atoms with E-state index in [1.165, 1.54) is 0 Å². The number of hydrogen-bond donors (Lipinski definition) is 1. The molecule has 1 aromatic rings. The molecule has 5 atom stereocenters. The zero-order chi connectivity index (χ0) is 14.5. The highest BCUT2D eigenvalue weighted by atomic mass is 16.7. The van der Waals surface area contributed by atoms with Crippen LogP contribution in [0.25, 0.3) is 0 Å². The molecule has 0 unspecified atom stereocenters. The fourth-order valence-electron chi connectivity index (χ4n) is 2.73. The molecule has 4 heteroatoms. The number of methoxy groups -OCH3 is 1. The van der Waals surface area contributed by atoms with Crippen molar-refractivity contribution in [1.82, 2.24) is 0 Å². The van der Waals surface area contributed by atoms with Crippen molar-refractivity contribution in [3.05, 3.63) is 35.9 Å². The summed E-state index contributed by atoms with van der Waals surface area (Å²) in [5.41, 5.74) is 1.10. The van der Waals surface area contributed by atoms with E-state index in [9.17, 15) is 5.11 Å². The molecule has 0 saturated carbocycles. The molecule has 0 aromatic heterocycles. The standard InChI is InChI=1S/C16H24O4/c1-4-13-11(2)15(14(17)16(18-3)20-13)19-10-12-8-6-5-7-9-12/h5-9,11,13-17H,4,10H2,1-3H3/t11-,13+,14+,15-,16+/m0/s1. The topological polar surface area (TPSA) is 47.9 Å². The second kappa shape index (κ2) is 7.18. The molecule has 0 bridgehead atoms. The first-order valence-electron chi connectivity index (χ1n) is 7.19. The lowest BCUT2D eigenvalue weighted by molar-refractivity contribution is -0.285. The second-order valence-electron chi connectivity index (χ2n) is 5.30. The summed E-state index contributed by atoms with van der Waals surface area (Å²) in [5.74, 6) is 0.130. The Morgan fingerprint density at radius 3 is 2.55 bits per heavy atom. The molecular formula is C16H24O4. The molecular weight excluding hydrogens is 256 g/mol. The van der Waals surface area contributed by atoms with Crippen molar-refractivity contribution < 1.29 is 19.3 Å². The molecule has 112 valence electrons. The first-order valence-corrected chi connectivity index (χ1v) is 7.19. The van der Waals surface area contributed by atoms with Crippen LogP contribution in [-0.4, -0.2) is 36.8 Å². The summed E-state index contributed by atoms with van der Waals surface area (Å²) in [6.45, 7) is 4.61. The molecule has 1 N–H and O–H groups in total. The fourth-order valence-corrected chi connectivity index (χ4v) is 2.73. The van der Waals surface area contributed by atoms with Crippen LogP contribution in [0.4, 0.5) is 0 Å². The Hall–Kier alpha value is -0.940. The third-order valence-electron chi connectivity index (χ3n) is 3.95. The zero-order valence-electron chi connectivity index (χ0n) is 12.4. The molecule has 1 aliphatic heterocycles. The Labute approximate surface area is 120 Å². The summed E-state index contributed by atoms with van der Waals surface area (Å²) in [6, 6.07) is 9.97. The Bertz CT molecular complexity index is 379. The van der Waals surface area contributed by atoms with Gasteiger partial charge in [0.1, 0.15) is 6.10 Å². The molecule has 4 nitrogen and oxygen atoms in total. The van der Waals surface area contributed by atoms with Crippen LogP contribution in [0.1, 0.15) is 25.8 Å². The van der Waals surface area contributed by atoms with Gasteiger partial charge in [0.15, 0.2) is 6.29 Å². The van der Waals surface area contributed by atoms with Crippen LogP contribution in [0.2, 0.25) is 0 Å². The van der Waals surface area contributed by atoms with Gasteiger partial charge in [-0.3, -0.25) is 0 Å². The largest absolute Gasteiger partial charge is 0.385 e. The van der Waals surface area contributed by atoms with Gasteiger partial charge >= 0.3 is 0 Å². The maximum atomic E-state index is 10.3. The first kappa shape index (κ1) is 15.4. The molecule has 20 heavy (non-hydrogen) atoms. The highest BCUT2D eigenvalue weighted by Gasteiger charge is 2.43. The van der Waals surface area contributed by atoms with Gasteiger partial charge in [0.25, 0.3) is 0 Å². The summed E-state index contributed by atoms with van der Waals surface area (Å²) in [5, 5.41) is 10.3. The van der Waals surface area contributed by atoms with Crippen molar-refractivity contribution in [1.29, 1.82) is 0 Å². The van der Waals surface area contributed by atoms with Crippen LogP contribution in [0.15, 0.2) is 30.3 Å². The summed E-state index contributed by atoms with van der Waals surface area (Å²) in [6.07, 6.45) is -0.736. The number of aliphatic hydroxyl groups excluding tert-OH is 1. The predicted molar refractivity (Wildman–Crippen MR) is 76.2 cm³/mol. The average Bonchev–Trinajstić information content (AvgIpc) is 2.48. The van der Waals surface area contributed by atoms with E-state index in [1.807, 2.05) is 30.3 Å². The van der Waals surface area contributed by atoms with Crippen LogP contribution in [0, 0.1) is 5.92 Å². The minimum atomic E-state index is -0.762. The van der Waals surface area contributed by atoms with E-state index in [-0.39, 0.29) is 18.1 Å². The number of aliphatic hydroxyl groups is 1. The van der Waals surface area contributed by atoms with Gasteiger partial charge in [0, 0.05) is 13.0 Å². The Morgan fingerprint density at radius 2 is 1.95 bits per heavy atom. The highest BCUT2D eigenvalue weighted by Crippen LogP contribution is 2.30. The van der Waals surface area contributed by atoms with E-state index in [4.69, 9.17) is 14.2 Å². The molecule has 1 saturated heterocycles. The molecule has 2 rings (SSSR count). The van der Waals surface area contributed by atoms with Crippen LogP contribution < -0.4 is 0 Å². The van der Waals surface area contributed by atoms with E-state index in [1.54, 1.807) is 7.11 Å². The van der Waals surface area contributed by atoms with E-state index in [0.717, 1.165) is 12.0 Å².